The third-order valence-corrected chi connectivity index (χ3v) is 6.49. The van der Waals surface area contributed by atoms with Gasteiger partial charge in [-0.25, -0.2) is 4.98 Å². The summed E-state index contributed by atoms with van der Waals surface area (Å²) in [5, 5.41) is 6.74. The van der Waals surface area contributed by atoms with Gasteiger partial charge in [-0.15, -0.1) is 11.3 Å². The zero-order chi connectivity index (χ0) is 15.6. The van der Waals surface area contributed by atoms with Gasteiger partial charge in [0.2, 0.25) is 5.91 Å². The number of hydrogen-bond donors (Lipinski definition) is 1. The minimum atomic E-state index is 0.0644. The van der Waals surface area contributed by atoms with E-state index in [2.05, 4.69) is 20.1 Å². The fourth-order valence-electron chi connectivity index (χ4n) is 4.43. The number of nitrogens with zero attached hydrogens (tertiary/aromatic N) is 3. The first-order valence-electron chi connectivity index (χ1n) is 9.00. The standard InChI is InChI=1S/C17H26N4OS/c22-16(15-12-13-4-1-2-5-14(13)19-15)20-7-3-8-21(10-9-20)17-18-6-11-23-17/h6,11,13-15,19H,1-5,7-10,12H2. The van der Waals surface area contributed by atoms with Crippen LogP contribution in [0.3, 0.4) is 0 Å². The van der Waals surface area contributed by atoms with Crippen molar-refractivity contribution in [3.8, 4) is 0 Å². The zero-order valence-corrected chi connectivity index (χ0v) is 14.4. The molecule has 2 aliphatic heterocycles. The number of anilines is 1. The number of amides is 1. The van der Waals surface area contributed by atoms with Gasteiger partial charge in [-0.3, -0.25) is 4.79 Å². The minimum absolute atomic E-state index is 0.0644. The average Bonchev–Trinajstić information content (AvgIpc) is 3.19. The molecule has 1 N–H and O–H groups in total. The van der Waals surface area contributed by atoms with Crippen molar-refractivity contribution >= 4 is 22.4 Å². The van der Waals surface area contributed by atoms with Gasteiger partial charge in [-0.05, 0) is 31.6 Å². The second kappa shape index (κ2) is 6.77. The summed E-state index contributed by atoms with van der Waals surface area (Å²) in [5.41, 5.74) is 0. The lowest BCUT2D eigenvalue weighted by molar-refractivity contribution is -0.133. The maximum atomic E-state index is 12.9. The van der Waals surface area contributed by atoms with Gasteiger partial charge >= 0.3 is 0 Å². The number of thiazole rings is 1. The molecule has 2 saturated heterocycles. The van der Waals surface area contributed by atoms with E-state index in [0.717, 1.165) is 50.1 Å². The summed E-state index contributed by atoms with van der Waals surface area (Å²) in [7, 11) is 0. The van der Waals surface area contributed by atoms with Gasteiger partial charge in [-0.1, -0.05) is 12.8 Å². The molecule has 3 heterocycles. The molecule has 0 spiro atoms. The van der Waals surface area contributed by atoms with Crippen LogP contribution in [0.4, 0.5) is 5.13 Å². The maximum absolute atomic E-state index is 12.9. The summed E-state index contributed by atoms with van der Waals surface area (Å²) in [5.74, 6) is 1.07. The van der Waals surface area contributed by atoms with Crippen LogP contribution < -0.4 is 10.2 Å². The van der Waals surface area contributed by atoms with Crippen LogP contribution in [0.1, 0.15) is 38.5 Å². The molecule has 5 nitrogen and oxygen atoms in total. The molecule has 6 heteroatoms. The Morgan fingerprint density at radius 2 is 2.09 bits per heavy atom. The monoisotopic (exact) mass is 334 g/mol. The fraction of sp³-hybridized carbons (Fsp3) is 0.765. The lowest BCUT2D eigenvalue weighted by Crippen LogP contribution is -2.46. The largest absolute Gasteiger partial charge is 0.346 e. The third-order valence-electron chi connectivity index (χ3n) is 5.66. The molecule has 0 radical (unpaired) electrons. The van der Waals surface area contributed by atoms with Crippen LogP contribution >= 0.6 is 11.3 Å². The van der Waals surface area contributed by atoms with Crippen molar-refractivity contribution in [2.24, 2.45) is 5.92 Å². The maximum Gasteiger partial charge on any atom is 0.239 e. The highest BCUT2D eigenvalue weighted by atomic mass is 32.1. The molecule has 1 aromatic rings. The van der Waals surface area contributed by atoms with Crippen molar-refractivity contribution in [1.82, 2.24) is 15.2 Å². The molecule has 3 aliphatic rings. The third kappa shape index (κ3) is 3.24. The van der Waals surface area contributed by atoms with Crippen molar-refractivity contribution in [1.29, 1.82) is 0 Å². The highest BCUT2D eigenvalue weighted by Gasteiger charge is 2.39. The number of aromatic nitrogens is 1. The predicted molar refractivity (Wildman–Crippen MR) is 92.8 cm³/mol. The van der Waals surface area contributed by atoms with Crippen LogP contribution in [-0.4, -0.2) is 54.1 Å². The quantitative estimate of drug-likeness (QED) is 0.900. The van der Waals surface area contributed by atoms with Gasteiger partial charge in [0.05, 0.1) is 6.04 Å². The minimum Gasteiger partial charge on any atom is -0.346 e. The van der Waals surface area contributed by atoms with E-state index in [1.807, 2.05) is 11.6 Å². The van der Waals surface area contributed by atoms with Gasteiger partial charge in [0.1, 0.15) is 0 Å². The molecule has 1 amide bonds. The Morgan fingerprint density at radius 3 is 2.91 bits per heavy atom. The van der Waals surface area contributed by atoms with E-state index >= 15 is 0 Å². The summed E-state index contributed by atoms with van der Waals surface area (Å²) in [6.07, 6.45) is 9.17. The zero-order valence-electron chi connectivity index (χ0n) is 13.6. The Labute approximate surface area is 142 Å². The molecule has 1 aromatic heterocycles. The van der Waals surface area contributed by atoms with Crippen LogP contribution in [0.25, 0.3) is 0 Å². The lowest BCUT2D eigenvalue weighted by atomic mass is 9.85. The molecular formula is C17H26N4OS. The second-order valence-electron chi connectivity index (χ2n) is 7.09. The molecule has 3 fully saturated rings. The molecule has 4 rings (SSSR count). The number of hydrogen-bond acceptors (Lipinski definition) is 5. The van der Waals surface area contributed by atoms with E-state index in [-0.39, 0.29) is 6.04 Å². The Bertz CT molecular complexity index is 521. The summed E-state index contributed by atoms with van der Waals surface area (Å²) >= 11 is 1.69. The molecule has 0 bridgehead atoms. The Balaban J connectivity index is 1.36. The van der Waals surface area contributed by atoms with Gasteiger partial charge in [0.25, 0.3) is 0 Å². The number of rotatable bonds is 2. The Morgan fingerprint density at radius 1 is 1.17 bits per heavy atom. The van der Waals surface area contributed by atoms with Crippen LogP contribution in [0.15, 0.2) is 11.6 Å². The first-order chi connectivity index (χ1) is 11.3. The topological polar surface area (TPSA) is 48.5 Å². The van der Waals surface area contributed by atoms with Crippen molar-refractivity contribution in [3.05, 3.63) is 11.6 Å². The van der Waals surface area contributed by atoms with Crippen LogP contribution in [0, 0.1) is 5.92 Å². The summed E-state index contributed by atoms with van der Waals surface area (Å²) < 4.78 is 0. The van der Waals surface area contributed by atoms with E-state index in [0.29, 0.717) is 11.9 Å². The lowest BCUT2D eigenvalue weighted by Gasteiger charge is -2.25. The highest BCUT2D eigenvalue weighted by molar-refractivity contribution is 7.13. The van der Waals surface area contributed by atoms with Gasteiger partial charge < -0.3 is 15.1 Å². The van der Waals surface area contributed by atoms with E-state index in [9.17, 15) is 4.79 Å². The number of carbonyl (C=O) groups excluding carboxylic acids is 1. The molecule has 3 atom stereocenters. The Hall–Kier alpha value is -1.14. The van der Waals surface area contributed by atoms with Crippen molar-refractivity contribution in [2.75, 3.05) is 31.1 Å². The molecule has 126 valence electrons. The molecular weight excluding hydrogens is 308 g/mol. The van der Waals surface area contributed by atoms with Crippen molar-refractivity contribution in [2.45, 2.75) is 50.6 Å². The molecule has 3 unspecified atom stereocenters. The van der Waals surface area contributed by atoms with Gasteiger partial charge in [-0.2, -0.15) is 0 Å². The average molecular weight is 334 g/mol. The molecule has 1 aliphatic carbocycles. The van der Waals surface area contributed by atoms with Gasteiger partial charge in [0, 0.05) is 43.8 Å². The highest BCUT2D eigenvalue weighted by Crippen LogP contribution is 2.33. The van der Waals surface area contributed by atoms with E-state index in [1.165, 1.54) is 25.7 Å². The van der Waals surface area contributed by atoms with E-state index < -0.39 is 0 Å². The van der Waals surface area contributed by atoms with Crippen LogP contribution in [0.2, 0.25) is 0 Å². The number of nitrogens with one attached hydrogen (secondary N) is 1. The Kier molecular flexibility index (Phi) is 4.53. The van der Waals surface area contributed by atoms with E-state index in [1.54, 1.807) is 11.3 Å². The van der Waals surface area contributed by atoms with Crippen LogP contribution in [0.5, 0.6) is 0 Å². The normalized spacial score (nSPS) is 31.7. The van der Waals surface area contributed by atoms with E-state index in [4.69, 9.17) is 0 Å². The number of fused-ring (bicyclic) bond motifs is 1. The van der Waals surface area contributed by atoms with Crippen molar-refractivity contribution in [3.63, 3.8) is 0 Å². The predicted octanol–water partition coefficient (Wildman–Crippen LogP) is 2.10. The molecule has 1 saturated carbocycles. The smallest absolute Gasteiger partial charge is 0.239 e. The summed E-state index contributed by atoms with van der Waals surface area (Å²) in [6.45, 7) is 3.61. The molecule has 0 aromatic carbocycles. The first kappa shape index (κ1) is 15.4. The summed E-state index contributed by atoms with van der Waals surface area (Å²) in [4.78, 5) is 21.7. The van der Waals surface area contributed by atoms with Crippen molar-refractivity contribution < 1.29 is 4.79 Å². The SMILES string of the molecule is O=C(C1CC2CCCCC2N1)N1CCCN(c2nccs2)CC1. The van der Waals surface area contributed by atoms with Crippen LogP contribution in [-0.2, 0) is 4.79 Å². The second-order valence-corrected chi connectivity index (χ2v) is 7.96. The number of carbonyl (C=O) groups is 1. The fourth-order valence-corrected chi connectivity index (χ4v) is 5.13. The van der Waals surface area contributed by atoms with Gasteiger partial charge in [0.15, 0.2) is 5.13 Å². The first-order valence-corrected chi connectivity index (χ1v) is 9.88. The molecule has 23 heavy (non-hydrogen) atoms. The summed E-state index contributed by atoms with van der Waals surface area (Å²) in [6, 6.07) is 0.658.